The standard InChI is InChI=1S/C8H4F4O2/c9-4-1-6(10)5(3-13)7(2-4)14-8(11)12/h1-3,8H. The van der Waals surface area contributed by atoms with E-state index in [1.165, 1.54) is 0 Å². The smallest absolute Gasteiger partial charge is 0.387 e. The molecule has 76 valence electrons. The van der Waals surface area contributed by atoms with E-state index in [1.807, 2.05) is 0 Å². The van der Waals surface area contributed by atoms with Gasteiger partial charge in [0.05, 0.1) is 5.56 Å². The first kappa shape index (κ1) is 10.5. The molecule has 0 N–H and O–H groups in total. The third kappa shape index (κ3) is 2.21. The third-order valence-corrected chi connectivity index (χ3v) is 1.39. The zero-order chi connectivity index (χ0) is 10.7. The van der Waals surface area contributed by atoms with Crippen molar-refractivity contribution < 1.29 is 27.1 Å². The fourth-order valence-electron chi connectivity index (χ4n) is 0.869. The van der Waals surface area contributed by atoms with Gasteiger partial charge in [0, 0.05) is 12.1 Å². The summed E-state index contributed by atoms with van der Waals surface area (Å²) in [5.41, 5.74) is -0.730. The molecule has 6 heteroatoms. The summed E-state index contributed by atoms with van der Waals surface area (Å²) >= 11 is 0. The Balaban J connectivity index is 3.17. The van der Waals surface area contributed by atoms with Crippen LogP contribution in [-0.4, -0.2) is 12.9 Å². The van der Waals surface area contributed by atoms with Crippen molar-refractivity contribution in [2.24, 2.45) is 0 Å². The second-order valence-electron chi connectivity index (χ2n) is 2.30. The maximum Gasteiger partial charge on any atom is 0.387 e. The monoisotopic (exact) mass is 208 g/mol. The number of carbonyl (C=O) groups is 1. The van der Waals surface area contributed by atoms with Gasteiger partial charge in [0.25, 0.3) is 0 Å². The van der Waals surface area contributed by atoms with Crippen LogP contribution in [0, 0.1) is 11.6 Å². The molecular weight excluding hydrogens is 204 g/mol. The molecule has 0 aliphatic carbocycles. The predicted molar refractivity (Wildman–Crippen MR) is 38.4 cm³/mol. The molecule has 0 amide bonds. The van der Waals surface area contributed by atoms with Crippen molar-refractivity contribution in [2.75, 3.05) is 0 Å². The van der Waals surface area contributed by atoms with Crippen LogP contribution >= 0.6 is 0 Å². The average Bonchev–Trinajstić information content (AvgIpc) is 2.01. The number of rotatable bonds is 3. The molecule has 0 aromatic heterocycles. The molecule has 1 aromatic rings. The summed E-state index contributed by atoms with van der Waals surface area (Å²) in [5, 5.41) is 0. The topological polar surface area (TPSA) is 26.3 Å². The fraction of sp³-hybridized carbons (Fsp3) is 0.125. The summed E-state index contributed by atoms with van der Waals surface area (Å²) < 4.78 is 52.5. The van der Waals surface area contributed by atoms with Gasteiger partial charge in [-0.3, -0.25) is 4.79 Å². The van der Waals surface area contributed by atoms with Crippen LogP contribution in [0.2, 0.25) is 0 Å². The molecule has 0 heterocycles. The van der Waals surface area contributed by atoms with E-state index >= 15 is 0 Å². The normalized spacial score (nSPS) is 10.4. The maximum atomic E-state index is 12.8. The van der Waals surface area contributed by atoms with Crippen LogP contribution in [0.5, 0.6) is 5.75 Å². The van der Waals surface area contributed by atoms with E-state index in [9.17, 15) is 22.4 Å². The SMILES string of the molecule is O=Cc1c(F)cc(F)cc1OC(F)F. The lowest BCUT2D eigenvalue weighted by Crippen LogP contribution is -2.06. The zero-order valence-corrected chi connectivity index (χ0v) is 6.64. The minimum atomic E-state index is -3.24. The molecule has 0 saturated heterocycles. The predicted octanol–water partition coefficient (Wildman–Crippen LogP) is 2.38. The lowest BCUT2D eigenvalue weighted by molar-refractivity contribution is -0.0503. The van der Waals surface area contributed by atoms with E-state index in [4.69, 9.17) is 0 Å². The van der Waals surface area contributed by atoms with Crippen LogP contribution in [-0.2, 0) is 0 Å². The molecule has 0 atom stereocenters. The van der Waals surface area contributed by atoms with Crippen LogP contribution in [0.4, 0.5) is 17.6 Å². The summed E-state index contributed by atoms with van der Waals surface area (Å²) in [4.78, 5) is 10.3. The highest BCUT2D eigenvalue weighted by molar-refractivity contribution is 5.79. The van der Waals surface area contributed by atoms with Crippen LogP contribution in [0.3, 0.4) is 0 Å². The number of carbonyl (C=O) groups excluding carboxylic acids is 1. The van der Waals surface area contributed by atoms with Gasteiger partial charge in [-0.15, -0.1) is 0 Å². The highest BCUT2D eigenvalue weighted by Gasteiger charge is 2.15. The van der Waals surface area contributed by atoms with Gasteiger partial charge in [0.1, 0.15) is 17.4 Å². The number of benzene rings is 1. The minimum Gasteiger partial charge on any atom is -0.434 e. The van der Waals surface area contributed by atoms with E-state index in [-0.39, 0.29) is 6.29 Å². The Morgan fingerprint density at radius 2 is 1.93 bits per heavy atom. The molecule has 14 heavy (non-hydrogen) atoms. The number of hydrogen-bond acceptors (Lipinski definition) is 2. The Morgan fingerprint density at radius 3 is 2.43 bits per heavy atom. The molecule has 0 saturated carbocycles. The van der Waals surface area contributed by atoms with Crippen molar-refractivity contribution >= 4 is 6.29 Å². The van der Waals surface area contributed by atoms with Crippen molar-refractivity contribution in [2.45, 2.75) is 6.61 Å². The maximum absolute atomic E-state index is 12.8. The van der Waals surface area contributed by atoms with E-state index in [2.05, 4.69) is 4.74 Å². The molecule has 0 bridgehead atoms. The van der Waals surface area contributed by atoms with Gasteiger partial charge in [-0.1, -0.05) is 0 Å². The average molecular weight is 208 g/mol. The van der Waals surface area contributed by atoms with Crippen molar-refractivity contribution in [3.05, 3.63) is 29.3 Å². The van der Waals surface area contributed by atoms with Gasteiger partial charge in [0.2, 0.25) is 0 Å². The number of hydrogen-bond donors (Lipinski definition) is 0. The molecule has 1 aromatic carbocycles. The summed E-state index contributed by atoms with van der Waals surface area (Å²) in [6.45, 7) is -3.24. The largest absolute Gasteiger partial charge is 0.434 e. The summed E-state index contributed by atoms with van der Waals surface area (Å²) in [6.07, 6.45) is -0.0213. The Kier molecular flexibility index (Phi) is 3.06. The Hall–Kier alpha value is -1.59. The second-order valence-corrected chi connectivity index (χ2v) is 2.30. The number of aldehydes is 1. The third-order valence-electron chi connectivity index (χ3n) is 1.39. The first-order valence-corrected chi connectivity index (χ1v) is 3.43. The Labute approximate surface area is 76.1 Å². The van der Waals surface area contributed by atoms with Gasteiger partial charge in [-0.05, 0) is 0 Å². The van der Waals surface area contributed by atoms with Gasteiger partial charge < -0.3 is 4.74 Å². The number of halogens is 4. The van der Waals surface area contributed by atoms with Crippen molar-refractivity contribution in [1.29, 1.82) is 0 Å². The minimum absolute atomic E-state index is 0.0213. The zero-order valence-electron chi connectivity index (χ0n) is 6.64. The summed E-state index contributed by atoms with van der Waals surface area (Å²) in [5.74, 6) is -3.15. The van der Waals surface area contributed by atoms with Gasteiger partial charge >= 0.3 is 6.61 Å². The lowest BCUT2D eigenvalue weighted by atomic mass is 10.2. The molecule has 0 fully saturated rings. The quantitative estimate of drug-likeness (QED) is 0.563. The highest BCUT2D eigenvalue weighted by atomic mass is 19.3. The molecule has 0 unspecified atom stereocenters. The second kappa shape index (κ2) is 4.08. The highest BCUT2D eigenvalue weighted by Crippen LogP contribution is 2.23. The molecule has 2 nitrogen and oxygen atoms in total. The Bertz CT molecular complexity index is 351. The lowest BCUT2D eigenvalue weighted by Gasteiger charge is -2.07. The number of ether oxygens (including phenoxy) is 1. The molecule has 0 radical (unpaired) electrons. The molecule has 0 aliphatic heterocycles. The fourth-order valence-corrected chi connectivity index (χ4v) is 0.869. The van der Waals surface area contributed by atoms with E-state index in [0.717, 1.165) is 0 Å². The molecular formula is C8H4F4O2. The van der Waals surface area contributed by atoms with Crippen molar-refractivity contribution in [3.8, 4) is 5.75 Å². The van der Waals surface area contributed by atoms with Crippen LogP contribution in [0.15, 0.2) is 12.1 Å². The summed E-state index contributed by atoms with van der Waals surface area (Å²) in [7, 11) is 0. The van der Waals surface area contributed by atoms with Crippen molar-refractivity contribution in [1.82, 2.24) is 0 Å². The van der Waals surface area contributed by atoms with Crippen LogP contribution < -0.4 is 4.74 Å². The van der Waals surface area contributed by atoms with Gasteiger partial charge in [0.15, 0.2) is 6.29 Å². The van der Waals surface area contributed by atoms with E-state index in [0.29, 0.717) is 12.1 Å². The number of alkyl halides is 2. The molecule has 0 aliphatic rings. The van der Waals surface area contributed by atoms with Gasteiger partial charge in [-0.25, -0.2) is 8.78 Å². The van der Waals surface area contributed by atoms with Gasteiger partial charge in [-0.2, -0.15) is 8.78 Å². The van der Waals surface area contributed by atoms with Crippen molar-refractivity contribution in [3.63, 3.8) is 0 Å². The van der Waals surface area contributed by atoms with Crippen LogP contribution in [0.1, 0.15) is 10.4 Å². The molecule has 0 spiro atoms. The first-order valence-electron chi connectivity index (χ1n) is 3.43. The van der Waals surface area contributed by atoms with Crippen LogP contribution in [0.25, 0.3) is 0 Å². The summed E-state index contributed by atoms with van der Waals surface area (Å²) in [6, 6.07) is 0.918. The molecule has 1 rings (SSSR count). The first-order chi connectivity index (χ1) is 6.54. The van der Waals surface area contributed by atoms with E-state index in [1.54, 1.807) is 0 Å². The Morgan fingerprint density at radius 1 is 1.29 bits per heavy atom. The van der Waals surface area contributed by atoms with E-state index < -0.39 is 29.6 Å².